The van der Waals surface area contributed by atoms with Crippen molar-refractivity contribution in [1.29, 1.82) is 0 Å². The van der Waals surface area contributed by atoms with Crippen LogP contribution in [0.25, 0.3) is 0 Å². The average molecular weight is 360 g/mol. The van der Waals surface area contributed by atoms with Crippen LogP contribution in [0.2, 0.25) is 0 Å². The van der Waals surface area contributed by atoms with Crippen LogP contribution in [0, 0.1) is 5.92 Å². The van der Waals surface area contributed by atoms with Crippen LogP contribution in [0.4, 0.5) is 17.6 Å². The fraction of sp³-hybridized carbons (Fsp3) is 0.632. The van der Waals surface area contributed by atoms with Gasteiger partial charge in [-0.25, -0.2) is 17.6 Å². The first-order valence-electron chi connectivity index (χ1n) is 8.30. The molecule has 0 amide bonds. The Morgan fingerprint density at radius 2 is 1.24 bits per heavy atom. The molecule has 142 valence electrons. The molecule has 25 heavy (non-hydrogen) atoms. The highest BCUT2D eigenvalue weighted by atomic mass is 19.3. The minimum atomic E-state index is -3.22. The lowest BCUT2D eigenvalue weighted by Gasteiger charge is -2.27. The Kier molecular flexibility index (Phi) is 6.10. The third-order valence-electron chi connectivity index (χ3n) is 4.31. The quantitative estimate of drug-likeness (QED) is 0.521. The maximum absolute atomic E-state index is 13.8. The van der Waals surface area contributed by atoms with Crippen LogP contribution in [-0.2, 0) is 17.4 Å². The number of benzene rings is 1. The minimum absolute atomic E-state index is 0.154. The SMILES string of the molecule is CC(=NC(C)(C)c1cc(C(C)(F)F)cc(C(C)(F)F)c1)C(N)C(C)C. The molecule has 0 fully saturated rings. The summed E-state index contributed by atoms with van der Waals surface area (Å²) >= 11 is 0. The van der Waals surface area contributed by atoms with Gasteiger partial charge in [0.1, 0.15) is 0 Å². The number of hydrogen-bond donors (Lipinski definition) is 1. The van der Waals surface area contributed by atoms with Gasteiger partial charge < -0.3 is 5.73 Å². The number of halogens is 4. The zero-order valence-corrected chi connectivity index (χ0v) is 15.9. The van der Waals surface area contributed by atoms with Crippen LogP contribution in [-0.4, -0.2) is 11.8 Å². The highest BCUT2D eigenvalue weighted by Crippen LogP contribution is 2.37. The molecular formula is C19H28F4N2. The van der Waals surface area contributed by atoms with Crippen molar-refractivity contribution in [2.75, 3.05) is 0 Å². The summed E-state index contributed by atoms with van der Waals surface area (Å²) in [6, 6.07) is 3.05. The Morgan fingerprint density at radius 1 is 0.880 bits per heavy atom. The van der Waals surface area contributed by atoms with Gasteiger partial charge in [0.25, 0.3) is 11.8 Å². The molecule has 2 nitrogen and oxygen atoms in total. The molecular weight excluding hydrogens is 332 g/mol. The van der Waals surface area contributed by atoms with E-state index in [1.54, 1.807) is 20.8 Å². The number of aliphatic imine (C=N–C) groups is 1. The van der Waals surface area contributed by atoms with E-state index in [0.29, 0.717) is 25.1 Å². The van der Waals surface area contributed by atoms with E-state index in [2.05, 4.69) is 4.99 Å². The summed E-state index contributed by atoms with van der Waals surface area (Å²) in [6.45, 7) is 10.5. The number of hydrogen-bond acceptors (Lipinski definition) is 2. The molecule has 0 heterocycles. The first-order chi connectivity index (χ1) is 11.1. The lowest BCUT2D eigenvalue weighted by atomic mass is 9.88. The van der Waals surface area contributed by atoms with E-state index in [-0.39, 0.29) is 12.0 Å². The third kappa shape index (κ3) is 5.53. The standard InChI is InChI=1S/C19H28F4N2/c1-11(2)16(24)12(3)25-17(4,5)13-8-14(18(6,20)21)10-15(9-13)19(7,22)23/h8-11,16H,24H2,1-7H3. The monoisotopic (exact) mass is 360 g/mol. The fourth-order valence-corrected chi connectivity index (χ4v) is 2.55. The third-order valence-corrected chi connectivity index (χ3v) is 4.31. The molecule has 0 aliphatic rings. The van der Waals surface area contributed by atoms with E-state index >= 15 is 0 Å². The molecule has 1 atom stereocenters. The second-order valence-electron chi connectivity index (χ2n) is 7.66. The summed E-state index contributed by atoms with van der Waals surface area (Å²) in [7, 11) is 0. The van der Waals surface area contributed by atoms with Crippen LogP contribution in [0.15, 0.2) is 23.2 Å². The van der Waals surface area contributed by atoms with Gasteiger partial charge >= 0.3 is 0 Å². The van der Waals surface area contributed by atoms with Gasteiger partial charge in [0.05, 0.1) is 5.54 Å². The van der Waals surface area contributed by atoms with Gasteiger partial charge in [-0.3, -0.25) is 4.99 Å². The Hall–Kier alpha value is -1.43. The second-order valence-corrected chi connectivity index (χ2v) is 7.66. The zero-order valence-electron chi connectivity index (χ0n) is 15.9. The summed E-state index contributed by atoms with van der Waals surface area (Å²) in [5, 5.41) is 0. The minimum Gasteiger partial charge on any atom is -0.323 e. The maximum atomic E-state index is 13.8. The van der Waals surface area contributed by atoms with Crippen molar-refractivity contribution in [2.45, 2.75) is 71.9 Å². The fourth-order valence-electron chi connectivity index (χ4n) is 2.55. The van der Waals surface area contributed by atoms with Crippen molar-refractivity contribution in [1.82, 2.24) is 0 Å². The molecule has 1 aromatic carbocycles. The van der Waals surface area contributed by atoms with Crippen LogP contribution in [0.5, 0.6) is 0 Å². The molecule has 0 radical (unpaired) electrons. The maximum Gasteiger partial charge on any atom is 0.270 e. The molecule has 1 unspecified atom stereocenters. The summed E-state index contributed by atoms with van der Waals surface area (Å²) in [5.74, 6) is -6.29. The number of rotatable bonds is 6. The van der Waals surface area contributed by atoms with E-state index in [9.17, 15) is 17.6 Å². The van der Waals surface area contributed by atoms with Gasteiger partial charge in [-0.1, -0.05) is 13.8 Å². The van der Waals surface area contributed by atoms with Crippen molar-refractivity contribution in [3.8, 4) is 0 Å². The van der Waals surface area contributed by atoms with E-state index in [4.69, 9.17) is 5.73 Å². The summed E-state index contributed by atoms with van der Waals surface area (Å²) in [4.78, 5) is 4.55. The molecule has 1 aromatic rings. The van der Waals surface area contributed by atoms with Crippen molar-refractivity contribution in [2.24, 2.45) is 16.6 Å². The normalized spacial score (nSPS) is 15.6. The summed E-state index contributed by atoms with van der Waals surface area (Å²) < 4.78 is 55.1. The van der Waals surface area contributed by atoms with Gasteiger partial charge in [0.15, 0.2) is 0 Å². The van der Waals surface area contributed by atoms with Gasteiger partial charge in [-0.2, -0.15) is 0 Å². The summed E-state index contributed by atoms with van der Waals surface area (Å²) in [6.07, 6.45) is 0. The average Bonchev–Trinajstić information content (AvgIpc) is 2.43. The smallest absolute Gasteiger partial charge is 0.270 e. The van der Waals surface area contributed by atoms with E-state index < -0.39 is 28.5 Å². The topological polar surface area (TPSA) is 38.4 Å². The van der Waals surface area contributed by atoms with Gasteiger partial charge in [0.2, 0.25) is 0 Å². The Morgan fingerprint density at radius 3 is 1.56 bits per heavy atom. The Bertz CT molecular complexity index is 606. The lowest BCUT2D eigenvalue weighted by molar-refractivity contribution is 0.0103. The van der Waals surface area contributed by atoms with Crippen LogP contribution in [0.3, 0.4) is 0 Å². The second kappa shape index (κ2) is 7.06. The molecule has 0 aromatic heterocycles. The largest absolute Gasteiger partial charge is 0.323 e. The van der Waals surface area contributed by atoms with Crippen LogP contribution < -0.4 is 5.73 Å². The predicted octanol–water partition coefficient (Wildman–Crippen LogP) is 5.59. The molecule has 2 N–H and O–H groups in total. The van der Waals surface area contributed by atoms with Crippen molar-refractivity contribution < 1.29 is 17.6 Å². The molecule has 0 saturated carbocycles. The van der Waals surface area contributed by atoms with E-state index in [0.717, 1.165) is 6.07 Å². The number of nitrogens with two attached hydrogens (primary N) is 1. The molecule has 6 heteroatoms. The van der Waals surface area contributed by atoms with Gasteiger partial charge in [-0.15, -0.1) is 0 Å². The van der Waals surface area contributed by atoms with Crippen LogP contribution >= 0.6 is 0 Å². The first-order valence-corrected chi connectivity index (χ1v) is 8.30. The molecule has 0 aliphatic heterocycles. The molecule has 0 saturated heterocycles. The molecule has 0 aliphatic carbocycles. The molecule has 0 spiro atoms. The molecule has 1 rings (SSSR count). The highest BCUT2D eigenvalue weighted by molar-refractivity contribution is 5.87. The van der Waals surface area contributed by atoms with Gasteiger partial charge in [-0.05, 0) is 50.5 Å². The van der Waals surface area contributed by atoms with E-state index in [1.165, 1.54) is 12.1 Å². The Labute approximate surface area is 147 Å². The van der Waals surface area contributed by atoms with E-state index in [1.807, 2.05) is 13.8 Å². The number of nitrogens with zero attached hydrogens (tertiary/aromatic N) is 1. The van der Waals surface area contributed by atoms with Gasteiger partial charge in [0, 0.05) is 36.7 Å². The van der Waals surface area contributed by atoms with Crippen molar-refractivity contribution in [3.05, 3.63) is 34.9 Å². The molecule has 0 bridgehead atoms. The predicted molar refractivity (Wildman–Crippen MR) is 94.5 cm³/mol. The lowest BCUT2D eigenvalue weighted by Crippen LogP contribution is -2.35. The van der Waals surface area contributed by atoms with Crippen molar-refractivity contribution >= 4 is 5.71 Å². The van der Waals surface area contributed by atoms with Crippen LogP contribution in [0.1, 0.15) is 65.2 Å². The highest BCUT2D eigenvalue weighted by Gasteiger charge is 2.33. The zero-order chi connectivity index (χ0) is 19.8. The number of alkyl halides is 4. The first kappa shape index (κ1) is 21.6. The van der Waals surface area contributed by atoms with Crippen molar-refractivity contribution in [3.63, 3.8) is 0 Å². The summed E-state index contributed by atoms with van der Waals surface area (Å²) in [5.41, 5.74) is 5.17. The Balaban J connectivity index is 3.51.